The molecule has 0 aromatic heterocycles. The Morgan fingerprint density at radius 2 is 1.81 bits per heavy atom. The van der Waals surface area contributed by atoms with E-state index in [0.717, 1.165) is 43.2 Å². The van der Waals surface area contributed by atoms with Crippen molar-refractivity contribution in [2.75, 3.05) is 12.3 Å². The average Bonchev–Trinajstić information content (AvgIpc) is 2.99. The van der Waals surface area contributed by atoms with Crippen LogP contribution in [0.5, 0.6) is 0 Å². The number of carboxylic acid groups (broad SMARTS) is 1. The molecule has 1 heterocycles. The monoisotopic (exact) mass is 391 g/mol. The second-order valence-corrected chi connectivity index (χ2v) is 8.97. The molecule has 1 saturated heterocycles. The molecule has 1 unspecified atom stereocenters. The van der Waals surface area contributed by atoms with Crippen LogP contribution in [0, 0.1) is 0 Å². The number of rotatable bonds is 8. The van der Waals surface area contributed by atoms with Crippen molar-refractivity contribution in [3.8, 4) is 0 Å². The number of amides is 1. The number of aryl methyl sites for hydroxylation is 1. The fraction of sp³-hybridized carbons (Fsp3) is 0.619. The minimum atomic E-state index is -0.782. The highest BCUT2D eigenvalue weighted by Gasteiger charge is 2.35. The van der Waals surface area contributed by atoms with E-state index in [1.165, 1.54) is 6.42 Å². The normalized spacial score (nSPS) is 22.2. The summed E-state index contributed by atoms with van der Waals surface area (Å²) in [4.78, 5) is 24.9. The van der Waals surface area contributed by atoms with Gasteiger partial charge in [0.1, 0.15) is 0 Å². The Morgan fingerprint density at radius 1 is 1.15 bits per heavy atom. The van der Waals surface area contributed by atoms with Gasteiger partial charge in [0.15, 0.2) is 0 Å². The van der Waals surface area contributed by atoms with Crippen LogP contribution >= 0.6 is 11.8 Å². The van der Waals surface area contributed by atoms with Crippen LogP contribution in [-0.2, 0) is 22.4 Å². The molecule has 0 radical (unpaired) electrons. The third-order valence-corrected chi connectivity index (χ3v) is 6.95. The fourth-order valence-corrected chi connectivity index (χ4v) is 5.24. The van der Waals surface area contributed by atoms with Gasteiger partial charge in [0.2, 0.25) is 5.91 Å². The number of thioether (sulfide) groups is 1. The van der Waals surface area contributed by atoms with Crippen molar-refractivity contribution in [2.24, 2.45) is 0 Å². The molecule has 5 nitrogen and oxygen atoms in total. The molecule has 2 aliphatic rings. The van der Waals surface area contributed by atoms with E-state index in [-0.39, 0.29) is 17.7 Å². The van der Waals surface area contributed by atoms with E-state index in [0.29, 0.717) is 25.1 Å². The Labute approximate surface area is 165 Å². The van der Waals surface area contributed by atoms with Gasteiger partial charge in [0.25, 0.3) is 0 Å². The Balaban J connectivity index is 1.55. The SMILES string of the molecule is O=C(O)CCc1ccc(CC2SCC(=O)N2CCC2(O)CCCCC2)cc1. The van der Waals surface area contributed by atoms with Crippen molar-refractivity contribution in [1.29, 1.82) is 0 Å². The minimum Gasteiger partial charge on any atom is -0.481 e. The summed E-state index contributed by atoms with van der Waals surface area (Å²) in [5.74, 6) is -0.0996. The van der Waals surface area contributed by atoms with Gasteiger partial charge in [-0.3, -0.25) is 9.59 Å². The van der Waals surface area contributed by atoms with Gasteiger partial charge >= 0.3 is 5.97 Å². The van der Waals surface area contributed by atoms with Gasteiger partial charge in [-0.1, -0.05) is 43.5 Å². The largest absolute Gasteiger partial charge is 0.481 e. The highest BCUT2D eigenvalue weighted by molar-refractivity contribution is 8.01. The molecule has 3 rings (SSSR count). The summed E-state index contributed by atoms with van der Waals surface area (Å²) in [6.45, 7) is 0.629. The zero-order valence-corrected chi connectivity index (χ0v) is 16.5. The van der Waals surface area contributed by atoms with E-state index in [4.69, 9.17) is 5.11 Å². The lowest BCUT2D eigenvalue weighted by Gasteiger charge is -2.34. The molecule has 1 aromatic rings. The maximum atomic E-state index is 12.3. The number of nitrogens with zero attached hydrogens (tertiary/aromatic N) is 1. The molecule has 1 aliphatic heterocycles. The van der Waals surface area contributed by atoms with Gasteiger partial charge in [-0.25, -0.2) is 0 Å². The lowest BCUT2D eigenvalue weighted by molar-refractivity contribution is -0.137. The second-order valence-electron chi connectivity index (χ2n) is 7.80. The van der Waals surface area contributed by atoms with Crippen LogP contribution < -0.4 is 0 Å². The highest BCUT2D eigenvalue weighted by atomic mass is 32.2. The van der Waals surface area contributed by atoms with Crippen molar-refractivity contribution < 1.29 is 19.8 Å². The lowest BCUT2D eigenvalue weighted by Crippen LogP contribution is -2.40. The molecule has 1 aromatic carbocycles. The molecule has 6 heteroatoms. The third-order valence-electron chi connectivity index (χ3n) is 5.73. The summed E-state index contributed by atoms with van der Waals surface area (Å²) in [7, 11) is 0. The molecular formula is C21H29NO4S. The number of benzene rings is 1. The summed E-state index contributed by atoms with van der Waals surface area (Å²) in [5, 5.41) is 19.6. The Bertz CT molecular complexity index is 655. The number of hydrogen-bond donors (Lipinski definition) is 2. The summed E-state index contributed by atoms with van der Waals surface area (Å²) < 4.78 is 0. The van der Waals surface area contributed by atoms with Crippen LogP contribution in [0.2, 0.25) is 0 Å². The number of aliphatic carboxylic acids is 1. The molecule has 148 valence electrons. The third kappa shape index (κ3) is 5.72. The van der Waals surface area contributed by atoms with Crippen molar-refractivity contribution >= 4 is 23.6 Å². The highest BCUT2D eigenvalue weighted by Crippen LogP contribution is 2.33. The molecular weight excluding hydrogens is 362 g/mol. The molecule has 0 spiro atoms. The maximum Gasteiger partial charge on any atom is 0.303 e. The van der Waals surface area contributed by atoms with Gasteiger partial charge in [-0.2, -0.15) is 0 Å². The average molecular weight is 392 g/mol. The van der Waals surface area contributed by atoms with Crippen LogP contribution in [0.15, 0.2) is 24.3 Å². The fourth-order valence-electron chi connectivity index (χ4n) is 4.02. The number of carbonyl (C=O) groups is 2. The number of carboxylic acids is 1. The maximum absolute atomic E-state index is 12.3. The van der Waals surface area contributed by atoms with Gasteiger partial charge in [-0.15, -0.1) is 11.8 Å². The predicted octanol–water partition coefficient (Wildman–Crippen LogP) is 3.23. The van der Waals surface area contributed by atoms with Crippen LogP contribution in [0.4, 0.5) is 0 Å². The van der Waals surface area contributed by atoms with Crippen LogP contribution in [0.3, 0.4) is 0 Å². The van der Waals surface area contributed by atoms with Gasteiger partial charge in [-0.05, 0) is 36.8 Å². The zero-order valence-electron chi connectivity index (χ0n) is 15.7. The Hall–Kier alpha value is -1.53. The summed E-state index contributed by atoms with van der Waals surface area (Å²) in [6.07, 6.45) is 7.20. The van der Waals surface area contributed by atoms with Crippen LogP contribution in [-0.4, -0.2) is 50.3 Å². The molecule has 2 fully saturated rings. The zero-order chi connectivity index (χ0) is 19.3. The topological polar surface area (TPSA) is 77.8 Å². The molecule has 2 N–H and O–H groups in total. The summed E-state index contributed by atoms with van der Waals surface area (Å²) in [6, 6.07) is 8.03. The lowest BCUT2D eigenvalue weighted by atomic mass is 9.82. The number of hydrogen-bond acceptors (Lipinski definition) is 4. The van der Waals surface area contributed by atoms with E-state index in [2.05, 4.69) is 0 Å². The predicted molar refractivity (Wildman–Crippen MR) is 107 cm³/mol. The first-order valence-corrected chi connectivity index (χ1v) is 10.9. The van der Waals surface area contributed by atoms with E-state index in [9.17, 15) is 14.7 Å². The molecule has 27 heavy (non-hydrogen) atoms. The second kappa shape index (κ2) is 9.11. The molecule has 1 atom stereocenters. The van der Waals surface area contributed by atoms with Crippen molar-refractivity contribution in [3.63, 3.8) is 0 Å². The summed E-state index contributed by atoms with van der Waals surface area (Å²) >= 11 is 1.67. The standard InChI is InChI=1S/C21H29NO4S/c23-18-15-27-19(22(18)13-12-21(26)10-2-1-3-11-21)14-17-6-4-16(5-7-17)8-9-20(24)25/h4-7,19,26H,1-3,8-15H2,(H,24,25). The Kier molecular flexibility index (Phi) is 6.82. The first-order valence-electron chi connectivity index (χ1n) is 9.88. The van der Waals surface area contributed by atoms with Gasteiger partial charge in [0.05, 0.1) is 16.7 Å². The first-order chi connectivity index (χ1) is 13.0. The van der Waals surface area contributed by atoms with E-state index in [1.54, 1.807) is 11.8 Å². The Morgan fingerprint density at radius 3 is 2.48 bits per heavy atom. The molecule has 1 amide bonds. The van der Waals surface area contributed by atoms with Gasteiger partial charge < -0.3 is 15.1 Å². The number of aliphatic hydroxyl groups is 1. The van der Waals surface area contributed by atoms with E-state index >= 15 is 0 Å². The van der Waals surface area contributed by atoms with Gasteiger partial charge in [0, 0.05) is 19.4 Å². The van der Waals surface area contributed by atoms with Crippen molar-refractivity contribution in [1.82, 2.24) is 4.90 Å². The van der Waals surface area contributed by atoms with Crippen LogP contribution in [0.1, 0.15) is 56.1 Å². The first kappa shape index (κ1) is 20.2. The molecule has 1 aliphatic carbocycles. The molecule has 1 saturated carbocycles. The van der Waals surface area contributed by atoms with Crippen LogP contribution in [0.25, 0.3) is 0 Å². The summed E-state index contributed by atoms with van der Waals surface area (Å²) in [5.41, 5.74) is 1.58. The van der Waals surface area contributed by atoms with E-state index < -0.39 is 11.6 Å². The number of carbonyl (C=O) groups excluding carboxylic acids is 1. The smallest absolute Gasteiger partial charge is 0.303 e. The van der Waals surface area contributed by atoms with E-state index in [1.807, 2.05) is 29.2 Å². The molecule has 0 bridgehead atoms. The van der Waals surface area contributed by atoms with Crippen molar-refractivity contribution in [3.05, 3.63) is 35.4 Å². The van der Waals surface area contributed by atoms with Crippen molar-refractivity contribution in [2.45, 2.75) is 68.8 Å². The quantitative estimate of drug-likeness (QED) is 0.711. The minimum absolute atomic E-state index is 0.120.